The molecular weight excluding hydrogens is 528 g/mol. The van der Waals surface area contributed by atoms with Gasteiger partial charge in [-0.05, 0) is 115 Å². The smallest absolute Gasteiger partial charge is 0.124 e. The van der Waals surface area contributed by atoms with E-state index in [0.717, 1.165) is 48.6 Å². The van der Waals surface area contributed by atoms with E-state index in [9.17, 15) is 0 Å². The maximum atomic E-state index is 4.87. The molecule has 2 saturated heterocycles. The van der Waals surface area contributed by atoms with Crippen LogP contribution < -0.4 is 10.6 Å². The van der Waals surface area contributed by atoms with Crippen molar-refractivity contribution in [3.05, 3.63) is 83.6 Å². The lowest BCUT2D eigenvalue weighted by Gasteiger charge is -2.22. The fourth-order valence-electron chi connectivity index (χ4n) is 8.61. The summed E-state index contributed by atoms with van der Waals surface area (Å²) in [4.78, 5) is 17.0. The van der Waals surface area contributed by atoms with Gasteiger partial charge in [-0.25, -0.2) is 9.97 Å². The molecule has 3 fully saturated rings. The topological polar surface area (TPSA) is 81.4 Å². The third-order valence-electron chi connectivity index (χ3n) is 10.9. The first-order valence-corrected chi connectivity index (χ1v) is 16.5. The molecule has 43 heavy (non-hydrogen) atoms. The van der Waals surface area contributed by atoms with Gasteiger partial charge in [-0.1, -0.05) is 55.3 Å². The summed E-state index contributed by atoms with van der Waals surface area (Å²) in [6, 6.07) is 21.3. The van der Waals surface area contributed by atoms with Crippen LogP contribution in [0.1, 0.15) is 86.2 Å². The van der Waals surface area contributed by atoms with Crippen LogP contribution >= 0.6 is 0 Å². The number of aromatic amines is 2. The Hall–Kier alpha value is -3.74. The second-order valence-corrected chi connectivity index (χ2v) is 13.6. The minimum Gasteiger partial charge on any atom is -0.341 e. The van der Waals surface area contributed by atoms with E-state index in [1.165, 1.54) is 84.9 Å². The molecule has 2 atom stereocenters. The molecule has 4 N–H and O–H groups in total. The van der Waals surface area contributed by atoms with E-state index >= 15 is 0 Å². The van der Waals surface area contributed by atoms with Crippen LogP contribution in [0.15, 0.2) is 60.8 Å². The van der Waals surface area contributed by atoms with Gasteiger partial charge < -0.3 is 20.6 Å². The quantitative estimate of drug-likeness (QED) is 0.174. The Balaban J connectivity index is 1.05. The highest BCUT2D eigenvalue weighted by Crippen LogP contribution is 2.53. The van der Waals surface area contributed by atoms with Gasteiger partial charge in [0.1, 0.15) is 11.6 Å². The number of H-pyrrole nitrogens is 2. The highest BCUT2D eigenvalue weighted by Gasteiger charge is 2.41. The van der Waals surface area contributed by atoms with E-state index in [4.69, 9.17) is 9.97 Å². The van der Waals surface area contributed by atoms with E-state index in [1.54, 1.807) is 11.1 Å². The van der Waals surface area contributed by atoms with E-state index in [0.29, 0.717) is 17.5 Å². The first-order chi connectivity index (χ1) is 21.2. The van der Waals surface area contributed by atoms with Gasteiger partial charge in [0.2, 0.25) is 0 Å². The second-order valence-electron chi connectivity index (χ2n) is 13.6. The fraction of sp³-hybridized carbons (Fsp3) is 0.405. The van der Waals surface area contributed by atoms with E-state index in [1.807, 2.05) is 0 Å². The Bertz CT molecular complexity index is 1790. The third kappa shape index (κ3) is 4.46. The second kappa shape index (κ2) is 10.2. The van der Waals surface area contributed by atoms with Crippen LogP contribution in [0.25, 0.3) is 44.5 Å². The molecule has 3 aromatic carbocycles. The molecule has 2 aliphatic heterocycles. The minimum atomic E-state index is 0.353. The summed E-state index contributed by atoms with van der Waals surface area (Å²) in [5, 5.41) is 7.16. The molecule has 1 spiro atoms. The zero-order chi connectivity index (χ0) is 28.4. The number of hydrogen-bond acceptors (Lipinski definition) is 4. The van der Waals surface area contributed by atoms with E-state index in [2.05, 4.69) is 81.4 Å². The standard InChI is InChI=1S/C37H40N6/c1-2-16-37(15-1)20-28-26(12-13-27(29(28)21-37)34-22-40-35(43-34)31-5-3-17-38-31)24-9-7-23(8-10-24)25-11-14-30-33(19-25)42-36(41-30)32-6-4-18-39-32/h7-14,19,22,31-32,38-39H,1-6,15-18,20-21H2,(H,40,43)(H,41,42)/t31-,32-/m0/s1. The van der Waals surface area contributed by atoms with Crippen molar-refractivity contribution >= 4 is 11.0 Å². The van der Waals surface area contributed by atoms with E-state index in [-0.39, 0.29) is 0 Å². The van der Waals surface area contributed by atoms with Crippen molar-refractivity contribution in [2.75, 3.05) is 13.1 Å². The lowest BCUT2D eigenvalue weighted by atomic mass is 9.82. The number of nitrogens with one attached hydrogen (secondary N) is 4. The number of imidazole rings is 2. The third-order valence-corrected chi connectivity index (χ3v) is 10.9. The molecule has 9 rings (SSSR count). The maximum Gasteiger partial charge on any atom is 0.124 e. The molecule has 6 heteroatoms. The highest BCUT2D eigenvalue weighted by molar-refractivity contribution is 5.83. The van der Waals surface area contributed by atoms with Gasteiger partial charge in [0.05, 0.1) is 35.0 Å². The molecule has 4 aliphatic rings. The Morgan fingerprint density at radius 1 is 0.651 bits per heavy atom. The van der Waals surface area contributed by atoms with Crippen molar-refractivity contribution in [3.8, 4) is 33.5 Å². The zero-order valence-corrected chi connectivity index (χ0v) is 24.8. The van der Waals surface area contributed by atoms with Gasteiger partial charge in [-0.15, -0.1) is 0 Å². The predicted molar refractivity (Wildman–Crippen MR) is 173 cm³/mol. The minimum absolute atomic E-state index is 0.353. The molecular formula is C37H40N6. The lowest BCUT2D eigenvalue weighted by molar-refractivity contribution is 0.318. The average Bonchev–Trinajstić information content (AvgIpc) is 3.88. The fourth-order valence-corrected chi connectivity index (χ4v) is 8.61. The average molecular weight is 569 g/mol. The molecule has 0 bridgehead atoms. The monoisotopic (exact) mass is 568 g/mol. The Morgan fingerprint density at radius 3 is 2.07 bits per heavy atom. The summed E-state index contributed by atoms with van der Waals surface area (Å²) < 4.78 is 0. The summed E-state index contributed by atoms with van der Waals surface area (Å²) >= 11 is 0. The Labute approximate surface area is 253 Å². The first kappa shape index (κ1) is 25.7. The van der Waals surface area contributed by atoms with Crippen molar-refractivity contribution in [1.29, 1.82) is 0 Å². The van der Waals surface area contributed by atoms with Gasteiger partial charge in [0.15, 0.2) is 0 Å². The number of fused-ring (bicyclic) bond motifs is 2. The highest BCUT2D eigenvalue weighted by atomic mass is 15.0. The molecule has 218 valence electrons. The first-order valence-electron chi connectivity index (χ1n) is 16.5. The molecule has 0 unspecified atom stereocenters. The van der Waals surface area contributed by atoms with Gasteiger partial charge in [0, 0.05) is 5.56 Å². The molecule has 0 amide bonds. The number of rotatable bonds is 5. The summed E-state index contributed by atoms with van der Waals surface area (Å²) in [6.07, 6.45) is 14.7. The normalized spacial score (nSPS) is 22.7. The molecule has 6 nitrogen and oxygen atoms in total. The number of hydrogen-bond donors (Lipinski definition) is 4. The molecule has 4 heterocycles. The van der Waals surface area contributed by atoms with Crippen molar-refractivity contribution in [2.45, 2.75) is 76.3 Å². The predicted octanol–water partition coefficient (Wildman–Crippen LogP) is 7.80. The van der Waals surface area contributed by atoms with Crippen molar-refractivity contribution in [1.82, 2.24) is 30.6 Å². The van der Waals surface area contributed by atoms with Crippen LogP contribution in [0.4, 0.5) is 0 Å². The zero-order valence-electron chi connectivity index (χ0n) is 24.8. The van der Waals surface area contributed by atoms with E-state index < -0.39 is 0 Å². The molecule has 2 aliphatic carbocycles. The lowest BCUT2D eigenvalue weighted by Crippen LogP contribution is -2.15. The maximum absolute atomic E-state index is 4.87. The summed E-state index contributed by atoms with van der Waals surface area (Å²) in [6.45, 7) is 2.16. The van der Waals surface area contributed by atoms with Crippen LogP contribution in [-0.2, 0) is 12.8 Å². The van der Waals surface area contributed by atoms with Gasteiger partial charge >= 0.3 is 0 Å². The Morgan fingerprint density at radius 2 is 1.33 bits per heavy atom. The number of benzene rings is 3. The van der Waals surface area contributed by atoms with Crippen LogP contribution in [0, 0.1) is 5.41 Å². The van der Waals surface area contributed by atoms with Gasteiger partial charge in [0.25, 0.3) is 0 Å². The molecule has 2 aromatic heterocycles. The molecule has 5 aromatic rings. The van der Waals surface area contributed by atoms with Crippen LogP contribution in [0.2, 0.25) is 0 Å². The number of aromatic nitrogens is 4. The Kier molecular flexibility index (Phi) is 6.09. The summed E-state index contributed by atoms with van der Waals surface area (Å²) in [7, 11) is 0. The van der Waals surface area contributed by atoms with Crippen molar-refractivity contribution in [3.63, 3.8) is 0 Å². The number of nitrogens with zero attached hydrogens (tertiary/aromatic N) is 2. The summed E-state index contributed by atoms with van der Waals surface area (Å²) in [5.41, 5.74) is 13.4. The van der Waals surface area contributed by atoms with Crippen molar-refractivity contribution in [2.24, 2.45) is 5.41 Å². The molecule has 0 radical (unpaired) electrons. The largest absolute Gasteiger partial charge is 0.341 e. The summed E-state index contributed by atoms with van der Waals surface area (Å²) in [5.74, 6) is 2.16. The van der Waals surface area contributed by atoms with Crippen LogP contribution in [-0.4, -0.2) is 33.0 Å². The van der Waals surface area contributed by atoms with Crippen molar-refractivity contribution < 1.29 is 0 Å². The van der Waals surface area contributed by atoms with Crippen LogP contribution in [0.3, 0.4) is 0 Å². The molecule has 1 saturated carbocycles. The SMILES string of the molecule is c1cc(-c2ccc(-c3cnc([C@@H]4CCCN4)[nH]3)c3c2CC2(CCCC2)C3)ccc1-c1ccc2nc([C@@H]3CCCN3)[nH]c2c1. The van der Waals surface area contributed by atoms with Gasteiger partial charge in [-0.2, -0.15) is 0 Å². The van der Waals surface area contributed by atoms with Crippen LogP contribution in [0.5, 0.6) is 0 Å². The van der Waals surface area contributed by atoms with Gasteiger partial charge in [-0.3, -0.25) is 0 Å².